The Bertz CT molecular complexity index is 540. The van der Waals surface area contributed by atoms with E-state index in [9.17, 15) is 4.79 Å². The molecule has 0 amide bonds. The number of hydrogen-bond donors (Lipinski definition) is 2. The number of carboxylic acid groups (broad SMARTS) is 1. The third kappa shape index (κ3) is 2.79. The number of nitrogens with two attached hydrogens (primary N) is 1. The molecule has 0 aliphatic heterocycles. The van der Waals surface area contributed by atoms with Crippen LogP contribution in [0.5, 0.6) is 0 Å². The van der Waals surface area contributed by atoms with Crippen LogP contribution in [0.15, 0.2) is 36.5 Å². The van der Waals surface area contributed by atoms with E-state index in [4.69, 9.17) is 10.8 Å². The molecule has 2 rings (SSSR count). The van der Waals surface area contributed by atoms with Gasteiger partial charge in [0.1, 0.15) is 6.04 Å². The fourth-order valence-electron chi connectivity index (χ4n) is 1.71. The lowest BCUT2D eigenvalue weighted by molar-refractivity contribution is -0.138. The molecule has 2 aromatic rings. The van der Waals surface area contributed by atoms with E-state index in [-0.39, 0.29) is 0 Å². The third-order valence-electron chi connectivity index (χ3n) is 2.73. The van der Waals surface area contributed by atoms with Gasteiger partial charge in [-0.25, -0.2) is 0 Å². The number of benzene rings is 1. The number of hydrogen-bond acceptors (Lipinski definition) is 3. The zero-order valence-electron chi connectivity index (χ0n) is 9.34. The van der Waals surface area contributed by atoms with Crippen LogP contribution in [-0.4, -0.2) is 22.1 Å². The van der Waals surface area contributed by atoms with Gasteiger partial charge in [-0.15, -0.1) is 0 Å². The zero-order chi connectivity index (χ0) is 12.3. The number of aryl methyl sites for hydroxylation is 1. The lowest BCUT2D eigenvalue weighted by Crippen LogP contribution is -2.30. The molecule has 88 valence electrons. The summed E-state index contributed by atoms with van der Waals surface area (Å²) >= 11 is 0. The number of aliphatic carboxylic acids is 1. The molecule has 0 saturated heterocycles. The van der Waals surface area contributed by atoms with Crippen LogP contribution in [0.25, 0.3) is 10.9 Å². The summed E-state index contributed by atoms with van der Waals surface area (Å²) in [6.45, 7) is 0. The zero-order valence-corrected chi connectivity index (χ0v) is 9.34. The first kappa shape index (κ1) is 11.5. The summed E-state index contributed by atoms with van der Waals surface area (Å²) in [4.78, 5) is 14.9. The molecule has 0 saturated carbocycles. The van der Waals surface area contributed by atoms with Gasteiger partial charge in [0.05, 0.1) is 5.52 Å². The van der Waals surface area contributed by atoms with Crippen molar-refractivity contribution in [2.75, 3.05) is 0 Å². The van der Waals surface area contributed by atoms with Gasteiger partial charge in [-0.05, 0) is 30.5 Å². The van der Waals surface area contributed by atoms with Crippen LogP contribution in [0.1, 0.15) is 12.0 Å². The van der Waals surface area contributed by atoms with Gasteiger partial charge in [0.15, 0.2) is 0 Å². The summed E-state index contributed by atoms with van der Waals surface area (Å²) in [5.41, 5.74) is 7.45. The maximum absolute atomic E-state index is 10.6. The summed E-state index contributed by atoms with van der Waals surface area (Å²) in [5, 5.41) is 9.78. The van der Waals surface area contributed by atoms with Crippen molar-refractivity contribution in [3.8, 4) is 0 Å². The highest BCUT2D eigenvalue weighted by Gasteiger charge is 2.10. The number of rotatable bonds is 4. The Balaban J connectivity index is 2.12. The van der Waals surface area contributed by atoms with Gasteiger partial charge in [-0.2, -0.15) is 0 Å². The standard InChI is InChI=1S/C13H14N2O2/c14-11(13(16)17)6-4-9-3-5-10-2-1-7-15-12(10)8-9/h1-3,5,7-8,11H,4,6,14H2,(H,16,17). The molecule has 0 aliphatic carbocycles. The monoisotopic (exact) mass is 230 g/mol. The number of carbonyl (C=O) groups is 1. The normalized spacial score (nSPS) is 12.5. The molecule has 17 heavy (non-hydrogen) atoms. The lowest BCUT2D eigenvalue weighted by Gasteiger charge is -2.06. The van der Waals surface area contributed by atoms with Crippen LogP contribution >= 0.6 is 0 Å². The number of fused-ring (bicyclic) bond motifs is 1. The fraction of sp³-hybridized carbons (Fsp3) is 0.231. The predicted molar refractivity (Wildman–Crippen MR) is 65.7 cm³/mol. The van der Waals surface area contributed by atoms with Gasteiger partial charge in [0.25, 0.3) is 0 Å². The lowest BCUT2D eigenvalue weighted by atomic mass is 10.0. The average molecular weight is 230 g/mol. The van der Waals surface area contributed by atoms with E-state index in [2.05, 4.69) is 4.98 Å². The van der Waals surface area contributed by atoms with E-state index in [1.165, 1.54) is 0 Å². The molecule has 1 aromatic heterocycles. The minimum absolute atomic E-state index is 0.438. The highest BCUT2D eigenvalue weighted by Crippen LogP contribution is 2.14. The van der Waals surface area contributed by atoms with E-state index in [0.29, 0.717) is 12.8 Å². The molecule has 0 bridgehead atoms. The van der Waals surface area contributed by atoms with Crippen LogP contribution in [0, 0.1) is 0 Å². The smallest absolute Gasteiger partial charge is 0.320 e. The highest BCUT2D eigenvalue weighted by atomic mass is 16.4. The van der Waals surface area contributed by atoms with E-state index >= 15 is 0 Å². The van der Waals surface area contributed by atoms with Gasteiger partial charge < -0.3 is 10.8 Å². The fourth-order valence-corrected chi connectivity index (χ4v) is 1.71. The van der Waals surface area contributed by atoms with Gasteiger partial charge >= 0.3 is 5.97 Å². The minimum Gasteiger partial charge on any atom is -0.480 e. The molecule has 0 aliphatic rings. The number of carboxylic acids is 1. The molecule has 4 nitrogen and oxygen atoms in total. The van der Waals surface area contributed by atoms with Crippen LogP contribution in [-0.2, 0) is 11.2 Å². The SMILES string of the molecule is NC(CCc1ccc2cccnc2c1)C(=O)O. The molecule has 0 fully saturated rings. The molecular weight excluding hydrogens is 216 g/mol. The van der Waals surface area contributed by atoms with Crippen LogP contribution in [0.4, 0.5) is 0 Å². The maximum atomic E-state index is 10.6. The second-order valence-electron chi connectivity index (χ2n) is 4.01. The number of aromatic nitrogens is 1. The Hall–Kier alpha value is -1.94. The van der Waals surface area contributed by atoms with Crippen LogP contribution in [0.2, 0.25) is 0 Å². The second kappa shape index (κ2) is 4.93. The van der Waals surface area contributed by atoms with Crippen molar-refractivity contribution < 1.29 is 9.90 Å². The molecular formula is C13H14N2O2. The Kier molecular flexibility index (Phi) is 3.35. The van der Waals surface area contributed by atoms with Crippen LogP contribution in [0.3, 0.4) is 0 Å². The molecule has 1 heterocycles. The molecule has 1 aromatic carbocycles. The van der Waals surface area contributed by atoms with Crippen molar-refractivity contribution in [3.63, 3.8) is 0 Å². The summed E-state index contributed by atoms with van der Waals surface area (Å²) < 4.78 is 0. The predicted octanol–water partition coefficient (Wildman–Crippen LogP) is 1.58. The molecule has 1 unspecified atom stereocenters. The first-order chi connectivity index (χ1) is 8.16. The van der Waals surface area contributed by atoms with E-state index in [0.717, 1.165) is 16.5 Å². The van der Waals surface area contributed by atoms with E-state index < -0.39 is 12.0 Å². The van der Waals surface area contributed by atoms with Crippen molar-refractivity contribution >= 4 is 16.9 Å². The number of nitrogens with zero attached hydrogens (tertiary/aromatic N) is 1. The Labute approximate surface area is 99.1 Å². The van der Waals surface area contributed by atoms with Crippen molar-refractivity contribution in [2.45, 2.75) is 18.9 Å². The third-order valence-corrected chi connectivity index (χ3v) is 2.73. The molecule has 0 radical (unpaired) electrons. The van der Waals surface area contributed by atoms with Gasteiger partial charge in [0, 0.05) is 11.6 Å². The Morgan fingerprint density at radius 3 is 3.00 bits per heavy atom. The highest BCUT2D eigenvalue weighted by molar-refractivity contribution is 5.79. The second-order valence-corrected chi connectivity index (χ2v) is 4.01. The quantitative estimate of drug-likeness (QED) is 0.836. The first-order valence-corrected chi connectivity index (χ1v) is 5.49. The summed E-state index contributed by atoms with van der Waals surface area (Å²) in [6.07, 6.45) is 2.84. The van der Waals surface area contributed by atoms with E-state index in [1.807, 2.05) is 30.3 Å². The van der Waals surface area contributed by atoms with Crippen molar-refractivity contribution in [1.82, 2.24) is 4.98 Å². The van der Waals surface area contributed by atoms with Crippen molar-refractivity contribution in [2.24, 2.45) is 5.73 Å². The maximum Gasteiger partial charge on any atom is 0.320 e. The summed E-state index contributed by atoms with van der Waals surface area (Å²) in [7, 11) is 0. The summed E-state index contributed by atoms with van der Waals surface area (Å²) in [6, 6.07) is 9.04. The van der Waals surface area contributed by atoms with Crippen molar-refractivity contribution in [1.29, 1.82) is 0 Å². The molecule has 1 atom stereocenters. The Morgan fingerprint density at radius 1 is 1.41 bits per heavy atom. The first-order valence-electron chi connectivity index (χ1n) is 5.49. The van der Waals surface area contributed by atoms with Crippen molar-refractivity contribution in [3.05, 3.63) is 42.1 Å². The van der Waals surface area contributed by atoms with E-state index in [1.54, 1.807) is 6.20 Å². The summed E-state index contributed by atoms with van der Waals surface area (Å²) in [5.74, 6) is -0.955. The van der Waals surface area contributed by atoms with Gasteiger partial charge in [-0.1, -0.05) is 18.2 Å². The number of pyridine rings is 1. The molecule has 4 heteroatoms. The molecule has 0 spiro atoms. The minimum atomic E-state index is -0.955. The van der Waals surface area contributed by atoms with Gasteiger partial charge in [0.2, 0.25) is 0 Å². The Morgan fingerprint density at radius 2 is 2.24 bits per heavy atom. The average Bonchev–Trinajstić information content (AvgIpc) is 2.35. The van der Waals surface area contributed by atoms with Gasteiger partial charge in [-0.3, -0.25) is 9.78 Å². The topological polar surface area (TPSA) is 76.2 Å². The van der Waals surface area contributed by atoms with Crippen LogP contribution < -0.4 is 5.73 Å². The molecule has 3 N–H and O–H groups in total. The largest absolute Gasteiger partial charge is 0.480 e.